The predicted molar refractivity (Wildman–Crippen MR) is 66.4 cm³/mol. The lowest BCUT2D eigenvalue weighted by Gasteiger charge is -2.07. The van der Waals surface area contributed by atoms with Crippen LogP contribution in [0.5, 0.6) is 0 Å². The van der Waals surface area contributed by atoms with Gasteiger partial charge < -0.3 is 15.4 Å². The third kappa shape index (κ3) is 5.30. The molecule has 1 rings (SSSR count). The molecular weight excluding hydrogens is 257 g/mol. The quantitative estimate of drug-likeness (QED) is 0.437. The Hall–Kier alpha value is -2.22. The molecule has 0 aliphatic carbocycles. The number of amides is 1. The summed E-state index contributed by atoms with van der Waals surface area (Å²) >= 11 is 0. The van der Waals surface area contributed by atoms with Crippen LogP contribution in [0.4, 0.5) is 15.8 Å². The summed E-state index contributed by atoms with van der Waals surface area (Å²) in [4.78, 5) is 21.2. The number of nitrogens with zero attached hydrogens (tertiary/aromatic N) is 1. The molecule has 0 aromatic heterocycles. The molecule has 104 valence electrons. The van der Waals surface area contributed by atoms with Crippen LogP contribution in [0.15, 0.2) is 18.2 Å². The van der Waals surface area contributed by atoms with Gasteiger partial charge in [0.15, 0.2) is 0 Å². The fourth-order valence-electron chi connectivity index (χ4n) is 1.32. The van der Waals surface area contributed by atoms with Gasteiger partial charge in [-0.3, -0.25) is 14.9 Å². The zero-order chi connectivity index (χ0) is 14.3. The minimum absolute atomic E-state index is 0.107. The summed E-state index contributed by atoms with van der Waals surface area (Å²) < 4.78 is 17.9. The maximum absolute atomic E-state index is 13.1. The minimum Gasteiger partial charge on any atom is -0.383 e. The summed E-state index contributed by atoms with van der Waals surface area (Å²) in [5.74, 6) is -1.06. The van der Waals surface area contributed by atoms with E-state index in [0.29, 0.717) is 13.2 Å². The van der Waals surface area contributed by atoms with Gasteiger partial charge in [-0.15, -0.1) is 0 Å². The first kappa shape index (κ1) is 14.8. The number of nitrogens with one attached hydrogen (secondary N) is 2. The molecule has 1 amide bonds. The van der Waals surface area contributed by atoms with Crippen molar-refractivity contribution < 1.29 is 18.8 Å². The van der Waals surface area contributed by atoms with E-state index < -0.39 is 10.7 Å². The summed E-state index contributed by atoms with van der Waals surface area (Å²) in [6.45, 7) is 0.641. The summed E-state index contributed by atoms with van der Waals surface area (Å²) in [6.07, 6.45) is 0. The van der Waals surface area contributed by atoms with Crippen LogP contribution in [-0.4, -0.2) is 37.6 Å². The van der Waals surface area contributed by atoms with Crippen molar-refractivity contribution in [3.63, 3.8) is 0 Å². The molecular formula is C11H14FN3O4. The van der Waals surface area contributed by atoms with Gasteiger partial charge in [0.1, 0.15) is 5.82 Å². The van der Waals surface area contributed by atoms with Crippen LogP contribution in [0, 0.1) is 15.9 Å². The van der Waals surface area contributed by atoms with E-state index in [-0.39, 0.29) is 23.8 Å². The zero-order valence-electron chi connectivity index (χ0n) is 10.3. The van der Waals surface area contributed by atoms with E-state index in [2.05, 4.69) is 10.6 Å². The number of rotatable bonds is 7. The van der Waals surface area contributed by atoms with Gasteiger partial charge in [0.05, 0.1) is 24.1 Å². The molecule has 1 aromatic carbocycles. The molecule has 0 atom stereocenters. The fourth-order valence-corrected chi connectivity index (χ4v) is 1.32. The first-order valence-corrected chi connectivity index (χ1v) is 5.47. The minimum atomic E-state index is -0.739. The Morgan fingerprint density at radius 1 is 1.47 bits per heavy atom. The summed E-state index contributed by atoms with van der Waals surface area (Å²) in [7, 11) is 1.51. The van der Waals surface area contributed by atoms with Gasteiger partial charge >= 0.3 is 0 Å². The van der Waals surface area contributed by atoms with Crippen molar-refractivity contribution in [3.8, 4) is 0 Å². The van der Waals surface area contributed by atoms with Crippen LogP contribution >= 0.6 is 0 Å². The van der Waals surface area contributed by atoms with Gasteiger partial charge in [-0.25, -0.2) is 4.39 Å². The van der Waals surface area contributed by atoms with Crippen molar-refractivity contribution in [2.24, 2.45) is 0 Å². The molecule has 1 aromatic rings. The molecule has 0 aliphatic rings. The van der Waals surface area contributed by atoms with Gasteiger partial charge in [0.25, 0.3) is 5.69 Å². The van der Waals surface area contributed by atoms with E-state index >= 15 is 0 Å². The van der Waals surface area contributed by atoms with Crippen LogP contribution in [0.1, 0.15) is 0 Å². The molecule has 8 heteroatoms. The van der Waals surface area contributed by atoms with Crippen LogP contribution < -0.4 is 10.6 Å². The molecule has 2 N–H and O–H groups in total. The Bertz CT molecular complexity index is 467. The second-order valence-electron chi connectivity index (χ2n) is 3.65. The lowest BCUT2D eigenvalue weighted by Crippen LogP contribution is -2.32. The number of nitro groups is 1. The number of methoxy groups -OCH3 is 1. The third-order valence-electron chi connectivity index (χ3n) is 2.17. The number of nitro benzene ring substituents is 1. The lowest BCUT2D eigenvalue weighted by molar-refractivity contribution is -0.385. The number of hydrogen-bond acceptors (Lipinski definition) is 5. The number of halogens is 1. The van der Waals surface area contributed by atoms with Crippen LogP contribution in [0.2, 0.25) is 0 Å². The van der Waals surface area contributed by atoms with Crippen molar-refractivity contribution in [2.75, 3.05) is 32.1 Å². The lowest BCUT2D eigenvalue weighted by atomic mass is 10.2. The third-order valence-corrected chi connectivity index (χ3v) is 2.17. The number of carbonyl (C=O) groups is 1. The van der Waals surface area contributed by atoms with Crippen LogP contribution in [-0.2, 0) is 9.53 Å². The highest BCUT2D eigenvalue weighted by Gasteiger charge is 2.10. The number of carbonyl (C=O) groups excluding carboxylic acids is 1. The first-order chi connectivity index (χ1) is 9.02. The van der Waals surface area contributed by atoms with Crippen molar-refractivity contribution >= 4 is 17.3 Å². The molecule has 0 fully saturated rings. The first-order valence-electron chi connectivity index (χ1n) is 5.47. The van der Waals surface area contributed by atoms with E-state index in [1.54, 1.807) is 0 Å². The van der Waals surface area contributed by atoms with Crippen LogP contribution in [0.25, 0.3) is 0 Å². The normalized spacial score (nSPS) is 10.0. The summed E-state index contributed by atoms with van der Waals surface area (Å²) in [5.41, 5.74) is -0.198. The number of ether oxygens (including phenoxy) is 1. The molecule has 0 saturated carbocycles. The van der Waals surface area contributed by atoms with Crippen molar-refractivity contribution in [2.45, 2.75) is 0 Å². The highest BCUT2D eigenvalue weighted by molar-refractivity contribution is 5.80. The molecule has 0 heterocycles. The van der Waals surface area contributed by atoms with E-state index in [9.17, 15) is 19.3 Å². The summed E-state index contributed by atoms with van der Waals surface area (Å²) in [5, 5.41) is 15.7. The van der Waals surface area contributed by atoms with Gasteiger partial charge in [0.2, 0.25) is 5.91 Å². The molecule has 7 nitrogen and oxygen atoms in total. The number of anilines is 1. The Morgan fingerprint density at radius 2 is 2.21 bits per heavy atom. The Balaban J connectivity index is 2.53. The topological polar surface area (TPSA) is 93.5 Å². The van der Waals surface area contributed by atoms with Gasteiger partial charge in [-0.2, -0.15) is 0 Å². The Kier molecular flexibility index (Phi) is 5.68. The monoisotopic (exact) mass is 271 g/mol. The van der Waals surface area contributed by atoms with E-state index in [0.717, 1.165) is 18.2 Å². The SMILES string of the molecule is COCCNC(=O)CNc1cc(F)cc([N+](=O)[O-])c1. The molecule has 0 bridgehead atoms. The Morgan fingerprint density at radius 3 is 2.84 bits per heavy atom. The molecule has 19 heavy (non-hydrogen) atoms. The number of non-ortho nitro benzene ring substituents is 1. The number of benzene rings is 1. The summed E-state index contributed by atoms with van der Waals surface area (Å²) in [6, 6.07) is 3.05. The zero-order valence-corrected chi connectivity index (χ0v) is 10.3. The van der Waals surface area contributed by atoms with Crippen molar-refractivity contribution in [3.05, 3.63) is 34.1 Å². The molecule has 0 unspecified atom stereocenters. The second kappa shape index (κ2) is 7.27. The number of hydrogen-bond donors (Lipinski definition) is 2. The standard InChI is InChI=1S/C11H14FN3O4/c1-19-3-2-13-11(16)7-14-9-4-8(12)5-10(6-9)15(17)18/h4-6,14H,2-3,7H2,1H3,(H,13,16). The van der Waals surface area contributed by atoms with Crippen molar-refractivity contribution in [1.82, 2.24) is 5.32 Å². The maximum Gasteiger partial charge on any atom is 0.274 e. The highest BCUT2D eigenvalue weighted by Crippen LogP contribution is 2.19. The van der Waals surface area contributed by atoms with Gasteiger partial charge in [-0.05, 0) is 6.07 Å². The smallest absolute Gasteiger partial charge is 0.274 e. The molecule has 0 saturated heterocycles. The maximum atomic E-state index is 13.1. The average Bonchev–Trinajstić information content (AvgIpc) is 2.36. The predicted octanol–water partition coefficient (Wildman–Crippen LogP) is 0.908. The average molecular weight is 271 g/mol. The Labute approximate surface area is 108 Å². The van der Waals surface area contributed by atoms with Gasteiger partial charge in [0, 0.05) is 25.4 Å². The molecule has 0 aliphatic heterocycles. The molecule has 0 spiro atoms. The van der Waals surface area contributed by atoms with E-state index in [1.165, 1.54) is 7.11 Å². The van der Waals surface area contributed by atoms with E-state index in [1.807, 2.05) is 0 Å². The van der Waals surface area contributed by atoms with Crippen molar-refractivity contribution in [1.29, 1.82) is 0 Å². The highest BCUT2D eigenvalue weighted by atomic mass is 19.1. The van der Waals surface area contributed by atoms with Crippen LogP contribution in [0.3, 0.4) is 0 Å². The molecule has 0 radical (unpaired) electrons. The second-order valence-corrected chi connectivity index (χ2v) is 3.65. The van der Waals surface area contributed by atoms with Gasteiger partial charge in [-0.1, -0.05) is 0 Å². The fraction of sp³-hybridized carbons (Fsp3) is 0.364. The largest absolute Gasteiger partial charge is 0.383 e. The van der Waals surface area contributed by atoms with E-state index in [4.69, 9.17) is 4.74 Å².